The number of hydrogen-bond acceptors (Lipinski definition) is 7. The maximum atomic E-state index is 17.1. The fourth-order valence-electron chi connectivity index (χ4n) is 16.7. The molecule has 0 unspecified atom stereocenters. The molecule has 0 aliphatic carbocycles. The van der Waals surface area contributed by atoms with Crippen LogP contribution >= 0.6 is 0 Å². The van der Waals surface area contributed by atoms with Gasteiger partial charge >= 0.3 is 0 Å². The van der Waals surface area contributed by atoms with Crippen LogP contribution in [0.25, 0.3) is 27.5 Å². The maximum absolute atomic E-state index is 17.1. The lowest BCUT2D eigenvalue weighted by atomic mass is 9.33. The molecule has 4 aliphatic heterocycles. The van der Waals surface area contributed by atoms with Crippen LogP contribution in [0.4, 0.5) is 102 Å². The fraction of sp³-hybridized carbons (Fsp3) is 0. The summed E-state index contributed by atoms with van der Waals surface area (Å²) in [7, 11) is 0. The van der Waals surface area contributed by atoms with Crippen molar-refractivity contribution in [2.45, 2.75) is 0 Å². The minimum absolute atomic E-state index is 0.0271. The molecule has 101 heavy (non-hydrogen) atoms. The second-order valence-electron chi connectivity index (χ2n) is 26.3. The van der Waals surface area contributed by atoms with Gasteiger partial charge in [0.25, 0.3) is 13.4 Å². The average Bonchev–Trinajstić information content (AvgIpc) is 0.688. The highest BCUT2D eigenvalue weighted by Gasteiger charge is 2.47. The number of anilines is 18. The van der Waals surface area contributed by atoms with Crippen LogP contribution in [0, 0.1) is 0 Å². The Balaban J connectivity index is 0.897. The summed E-state index contributed by atoms with van der Waals surface area (Å²) in [4.78, 5) is 31.6. The van der Waals surface area contributed by atoms with Gasteiger partial charge in [-0.25, -0.2) is 0 Å². The Bertz CT molecular complexity index is 5540. The number of benzene rings is 15. The van der Waals surface area contributed by atoms with Crippen molar-refractivity contribution in [3.05, 3.63) is 380 Å². The summed E-state index contributed by atoms with van der Waals surface area (Å²) in [5.41, 5.74) is 27.8. The van der Waals surface area contributed by atoms with E-state index in [-0.39, 0.29) is 18.9 Å². The topological polar surface area (TPSA) is 41.4 Å². The Labute approximate surface area is 586 Å². The third-order valence-electron chi connectivity index (χ3n) is 20.8. The van der Waals surface area contributed by atoms with Gasteiger partial charge in [-0.15, -0.1) is 0 Å². The highest BCUT2D eigenvalue weighted by atomic mass is 16.1. The molecule has 15 aromatic carbocycles. The number of aromatic nitrogens is 1. The van der Waals surface area contributed by atoms with Crippen molar-refractivity contribution in [2.75, 3.05) is 29.4 Å². The molecule has 0 atom stereocenters. The van der Waals surface area contributed by atoms with Crippen molar-refractivity contribution >= 4 is 170 Å². The van der Waals surface area contributed by atoms with Crippen LogP contribution in [0.2, 0.25) is 0 Å². The van der Waals surface area contributed by atoms with E-state index in [1.54, 1.807) is 0 Å². The Morgan fingerprint density at radius 1 is 0.218 bits per heavy atom. The van der Waals surface area contributed by atoms with Gasteiger partial charge in [0.2, 0.25) is 0 Å². The summed E-state index contributed by atoms with van der Waals surface area (Å²) < 4.78 is 2.37. The largest absolute Gasteiger partial charge is 0.311 e. The Morgan fingerprint density at radius 3 is 0.782 bits per heavy atom. The van der Waals surface area contributed by atoms with Gasteiger partial charge in [-0.3, -0.25) is 4.79 Å². The quantitative estimate of drug-likeness (QED) is 0.0944. The molecule has 4 aliphatic rings. The van der Waals surface area contributed by atoms with E-state index in [1.165, 1.54) is 0 Å². The number of para-hydroxylation sites is 11. The highest BCUT2D eigenvalue weighted by Crippen LogP contribution is 2.52. The van der Waals surface area contributed by atoms with E-state index in [9.17, 15) is 0 Å². The third kappa shape index (κ3) is 9.15. The van der Waals surface area contributed by atoms with Gasteiger partial charge in [0.05, 0.1) is 22.4 Å². The van der Waals surface area contributed by atoms with E-state index in [1.807, 2.05) is 0 Å². The summed E-state index contributed by atoms with van der Waals surface area (Å²) in [5, 5.41) is 1.28. The SMILES string of the molecule is O=c1c2cc3c(cc2n(-c2ccccc2)c2cc4c(cc12)B1c2ccccc2N(c2ccccc2)c2cc(N(c5ccccc5)c5ccccc5)cc(c21)N4c1ccccc1)N(c1ccccc1)c1cc(N(c2ccccc2)c2ccccc2)cc2c1B3c1ccccc1N2c1ccccc1. The van der Waals surface area contributed by atoms with Crippen LogP contribution in [0.3, 0.4) is 0 Å². The zero-order chi connectivity index (χ0) is 66.7. The lowest BCUT2D eigenvalue weighted by molar-refractivity contribution is 1.15. The molecule has 20 rings (SSSR count). The minimum atomic E-state index is -0.291. The lowest BCUT2D eigenvalue weighted by Crippen LogP contribution is -2.61. The number of hydrogen-bond donors (Lipinski definition) is 0. The Morgan fingerprint density at radius 2 is 0.475 bits per heavy atom. The molecule has 0 N–H and O–H groups in total. The normalized spacial score (nSPS) is 12.9. The van der Waals surface area contributed by atoms with E-state index in [4.69, 9.17) is 0 Å². The first-order valence-corrected chi connectivity index (χ1v) is 34.6. The van der Waals surface area contributed by atoms with E-state index in [0.29, 0.717) is 10.8 Å². The summed E-state index contributed by atoms with van der Waals surface area (Å²) in [5.74, 6) is 0. The molecular formula is C91H61B2N7O. The van der Waals surface area contributed by atoms with Crippen LogP contribution in [-0.4, -0.2) is 18.0 Å². The van der Waals surface area contributed by atoms with Crippen molar-refractivity contribution in [3.63, 3.8) is 0 Å². The summed E-state index contributed by atoms with van der Waals surface area (Å²) >= 11 is 0. The second-order valence-corrected chi connectivity index (χ2v) is 26.3. The molecule has 0 saturated carbocycles. The average molecular weight is 1290 g/mol. The molecule has 16 aromatic rings. The predicted molar refractivity (Wildman–Crippen MR) is 424 cm³/mol. The van der Waals surface area contributed by atoms with Crippen molar-refractivity contribution in [3.8, 4) is 5.69 Å². The predicted octanol–water partition coefficient (Wildman–Crippen LogP) is 19.2. The van der Waals surface area contributed by atoms with Gasteiger partial charge in [0.1, 0.15) is 0 Å². The summed E-state index contributed by atoms with van der Waals surface area (Å²) in [6, 6.07) is 133. The molecule has 10 heteroatoms. The van der Waals surface area contributed by atoms with Crippen LogP contribution in [0.1, 0.15) is 0 Å². The molecule has 0 amide bonds. The van der Waals surface area contributed by atoms with Gasteiger partial charge in [-0.1, -0.05) is 212 Å². The summed E-state index contributed by atoms with van der Waals surface area (Å²) in [6.45, 7) is -0.582. The monoisotopic (exact) mass is 1290 g/mol. The molecule has 0 radical (unpaired) electrons. The number of pyridine rings is 1. The zero-order valence-electron chi connectivity index (χ0n) is 54.9. The first-order valence-electron chi connectivity index (χ1n) is 34.6. The first-order chi connectivity index (χ1) is 50.1. The van der Waals surface area contributed by atoms with E-state index in [2.05, 4.69) is 404 Å². The maximum Gasteiger partial charge on any atom is 0.252 e. The number of rotatable bonds is 11. The molecular weight excluding hydrogens is 1230 g/mol. The molecule has 8 nitrogen and oxygen atoms in total. The second kappa shape index (κ2) is 23.5. The molecule has 0 fully saturated rings. The van der Waals surface area contributed by atoms with E-state index >= 15 is 4.79 Å². The van der Waals surface area contributed by atoms with Gasteiger partial charge in [0.15, 0.2) is 5.43 Å². The number of fused-ring (bicyclic) bond motifs is 10. The molecule has 0 bridgehead atoms. The third-order valence-corrected chi connectivity index (χ3v) is 20.8. The van der Waals surface area contributed by atoms with Crippen molar-refractivity contribution < 1.29 is 0 Å². The van der Waals surface area contributed by atoms with Gasteiger partial charge in [-0.05, 0) is 191 Å². The van der Waals surface area contributed by atoms with Gasteiger partial charge < -0.3 is 34.0 Å². The van der Waals surface area contributed by atoms with E-state index in [0.717, 1.165) is 152 Å². The zero-order valence-corrected chi connectivity index (χ0v) is 54.9. The highest BCUT2D eigenvalue weighted by molar-refractivity contribution is 7.01. The van der Waals surface area contributed by atoms with Crippen LogP contribution < -0.4 is 67.6 Å². The molecule has 1 aromatic heterocycles. The van der Waals surface area contributed by atoms with Crippen LogP contribution in [0.5, 0.6) is 0 Å². The van der Waals surface area contributed by atoms with Crippen molar-refractivity contribution in [1.82, 2.24) is 4.57 Å². The van der Waals surface area contributed by atoms with E-state index < -0.39 is 0 Å². The number of nitrogens with zero attached hydrogens (tertiary/aromatic N) is 7. The molecule has 472 valence electrons. The fourth-order valence-corrected chi connectivity index (χ4v) is 16.7. The molecule has 5 heterocycles. The smallest absolute Gasteiger partial charge is 0.252 e. The molecule has 0 spiro atoms. The lowest BCUT2D eigenvalue weighted by Gasteiger charge is -2.45. The Hall–Kier alpha value is -13.3. The van der Waals surface area contributed by atoms with Crippen molar-refractivity contribution in [1.29, 1.82) is 0 Å². The summed E-state index contributed by atoms with van der Waals surface area (Å²) in [6.07, 6.45) is 0. The Kier molecular flexibility index (Phi) is 13.5. The van der Waals surface area contributed by atoms with Crippen LogP contribution in [0.15, 0.2) is 375 Å². The van der Waals surface area contributed by atoms with Crippen molar-refractivity contribution in [2.24, 2.45) is 0 Å². The van der Waals surface area contributed by atoms with Gasteiger partial charge in [0, 0.05) is 107 Å². The minimum Gasteiger partial charge on any atom is -0.311 e. The van der Waals surface area contributed by atoms with Crippen LogP contribution in [-0.2, 0) is 0 Å². The van der Waals surface area contributed by atoms with Gasteiger partial charge in [-0.2, -0.15) is 0 Å². The first kappa shape index (κ1) is 57.9. The standard InChI is InChI=1S/C91H61B2N7O/c101-91-73-58-77-83(99(69-46-24-8-25-47-69)87-56-71(94(62-32-10-1-11-33-62)63-34-12-2-13-35-63)54-85-89(87)92(77)75-50-28-30-52-79(75)96(85)66-40-18-5-19-41-66)60-81(73)98(68-44-22-7-23-45-68)82-61-84-78(59-74(82)91)93-76-51-29-31-53-80(76)97(67-42-20-6-21-43-67)86-55-72(57-88(90(86)93)100(84)70-48-26-9-27-49-70)95(64-36-14-3-15-37-64)65-38-16-4-17-39-65/h1-61H. The molecule has 0 saturated heterocycles.